The Morgan fingerprint density at radius 2 is 1.68 bits per heavy atom. The van der Waals surface area contributed by atoms with Gasteiger partial charge in [0.25, 0.3) is 0 Å². The van der Waals surface area contributed by atoms with Gasteiger partial charge in [-0.05, 0) is 92.1 Å². The second-order valence-electron chi connectivity index (χ2n) is 11.2. The lowest BCUT2D eigenvalue weighted by molar-refractivity contribution is -0.119. The van der Waals surface area contributed by atoms with Crippen LogP contribution in [-0.4, -0.2) is 11.2 Å². The number of benzene rings is 1. The van der Waals surface area contributed by atoms with Crippen molar-refractivity contribution >= 4 is 6.08 Å². The maximum absolute atomic E-state index is 11.4. The molecule has 0 aliphatic heterocycles. The van der Waals surface area contributed by atoms with Crippen LogP contribution in [0.15, 0.2) is 29.8 Å². The molecule has 1 N–H and O–H groups in total. The Labute approximate surface area is 171 Å². The van der Waals surface area contributed by atoms with Gasteiger partial charge in [0, 0.05) is 5.41 Å². The summed E-state index contributed by atoms with van der Waals surface area (Å²) in [6, 6.07) is 8.78. The molecule has 0 bridgehead atoms. The summed E-state index contributed by atoms with van der Waals surface area (Å²) in [5.41, 5.74) is 4.52. The van der Waals surface area contributed by atoms with E-state index >= 15 is 0 Å². The molecule has 0 saturated heterocycles. The van der Waals surface area contributed by atoms with E-state index in [0.717, 1.165) is 24.2 Å². The first-order valence-electron chi connectivity index (χ1n) is 11.9. The molecule has 0 aromatic heterocycles. The molecule has 5 rings (SSSR count). The van der Waals surface area contributed by atoms with Crippen molar-refractivity contribution in [3.05, 3.63) is 41.0 Å². The predicted molar refractivity (Wildman–Crippen MR) is 117 cm³/mol. The van der Waals surface area contributed by atoms with Gasteiger partial charge in [-0.25, -0.2) is 0 Å². The van der Waals surface area contributed by atoms with Crippen LogP contribution in [0, 0.1) is 41.4 Å². The molecule has 4 saturated carbocycles. The van der Waals surface area contributed by atoms with Gasteiger partial charge in [0.05, 0.1) is 6.10 Å². The second-order valence-corrected chi connectivity index (χ2v) is 11.2. The highest BCUT2D eigenvalue weighted by atomic mass is 16.3. The Morgan fingerprint density at radius 1 is 0.893 bits per heavy atom. The van der Waals surface area contributed by atoms with Crippen LogP contribution in [0.4, 0.5) is 0 Å². The number of rotatable bonds is 1. The Hall–Kier alpha value is -1.08. The Morgan fingerprint density at radius 3 is 2.46 bits per heavy atom. The molecule has 0 spiro atoms. The quantitative estimate of drug-likeness (QED) is 0.571. The van der Waals surface area contributed by atoms with E-state index in [1.807, 2.05) is 0 Å². The number of hydrogen-bond donors (Lipinski definition) is 1. The highest BCUT2D eigenvalue weighted by Crippen LogP contribution is 2.67. The van der Waals surface area contributed by atoms with Crippen molar-refractivity contribution in [2.24, 2.45) is 34.5 Å². The zero-order valence-electron chi connectivity index (χ0n) is 18.1. The highest BCUT2D eigenvalue weighted by Gasteiger charge is 2.60. The smallest absolute Gasteiger partial charge is 0.0809 e. The molecule has 4 aliphatic rings. The van der Waals surface area contributed by atoms with Gasteiger partial charge in [-0.3, -0.25) is 0 Å². The van der Waals surface area contributed by atoms with Crippen LogP contribution in [0.2, 0.25) is 0 Å². The SMILES string of the molecule is Cc1ccc(/C=C2\C[C@@H]3[C@@H]4CC[C@@H]5CCCC[C@]5(C)[C@H]4CC[C@]3(C)[C@@H]2O)cc1. The van der Waals surface area contributed by atoms with Crippen molar-refractivity contribution < 1.29 is 5.11 Å². The summed E-state index contributed by atoms with van der Waals surface area (Å²) in [5, 5.41) is 11.4. The summed E-state index contributed by atoms with van der Waals surface area (Å²) in [7, 11) is 0. The van der Waals surface area contributed by atoms with Gasteiger partial charge in [0.15, 0.2) is 0 Å². The van der Waals surface area contributed by atoms with Crippen LogP contribution >= 0.6 is 0 Å². The first-order valence-corrected chi connectivity index (χ1v) is 11.9. The molecule has 0 heterocycles. The number of aliphatic hydroxyl groups is 1. The Kier molecular flexibility index (Phi) is 4.54. The minimum Gasteiger partial charge on any atom is -0.388 e. The van der Waals surface area contributed by atoms with Gasteiger partial charge >= 0.3 is 0 Å². The molecule has 7 atom stereocenters. The van der Waals surface area contributed by atoms with Crippen molar-refractivity contribution in [2.45, 2.75) is 84.7 Å². The van der Waals surface area contributed by atoms with Crippen LogP contribution in [0.25, 0.3) is 6.08 Å². The van der Waals surface area contributed by atoms with Crippen molar-refractivity contribution in [1.82, 2.24) is 0 Å². The third-order valence-electron chi connectivity index (χ3n) is 9.88. The Balaban J connectivity index is 1.45. The third kappa shape index (κ3) is 2.76. The molecule has 1 aromatic rings. The second kappa shape index (κ2) is 6.73. The van der Waals surface area contributed by atoms with Crippen LogP contribution in [-0.2, 0) is 0 Å². The molecular formula is C27H38O. The molecule has 1 nitrogen and oxygen atoms in total. The molecule has 0 unspecified atom stereocenters. The van der Waals surface area contributed by atoms with Gasteiger partial charge in [-0.15, -0.1) is 0 Å². The van der Waals surface area contributed by atoms with Gasteiger partial charge in [-0.1, -0.05) is 62.6 Å². The minimum atomic E-state index is -0.253. The number of aryl methyl sites for hydroxylation is 1. The van der Waals surface area contributed by atoms with E-state index in [1.165, 1.54) is 68.1 Å². The predicted octanol–water partition coefficient (Wildman–Crippen LogP) is 6.78. The average Bonchev–Trinajstić information content (AvgIpc) is 2.94. The van der Waals surface area contributed by atoms with Crippen LogP contribution in [0.1, 0.15) is 82.8 Å². The summed E-state index contributed by atoms with van der Waals surface area (Å²) >= 11 is 0. The molecule has 152 valence electrons. The first-order chi connectivity index (χ1) is 13.4. The van der Waals surface area contributed by atoms with E-state index in [1.54, 1.807) is 0 Å². The average molecular weight is 379 g/mol. The minimum absolute atomic E-state index is 0.0928. The fraction of sp³-hybridized carbons (Fsp3) is 0.704. The monoisotopic (exact) mass is 378 g/mol. The van der Waals surface area contributed by atoms with E-state index in [9.17, 15) is 5.11 Å². The van der Waals surface area contributed by atoms with Crippen LogP contribution in [0.3, 0.4) is 0 Å². The zero-order chi connectivity index (χ0) is 19.5. The lowest BCUT2D eigenvalue weighted by Gasteiger charge is -2.60. The van der Waals surface area contributed by atoms with Gasteiger partial charge in [-0.2, -0.15) is 0 Å². The van der Waals surface area contributed by atoms with E-state index in [4.69, 9.17) is 0 Å². The molecular weight excluding hydrogens is 340 g/mol. The number of hydrogen-bond acceptors (Lipinski definition) is 1. The number of fused-ring (bicyclic) bond motifs is 5. The van der Waals surface area contributed by atoms with Gasteiger partial charge in [0.2, 0.25) is 0 Å². The van der Waals surface area contributed by atoms with Crippen molar-refractivity contribution in [3.63, 3.8) is 0 Å². The van der Waals surface area contributed by atoms with E-state index in [0.29, 0.717) is 11.3 Å². The van der Waals surface area contributed by atoms with E-state index in [2.05, 4.69) is 51.1 Å². The van der Waals surface area contributed by atoms with Gasteiger partial charge in [0.1, 0.15) is 0 Å². The summed E-state index contributed by atoms with van der Waals surface area (Å²) in [4.78, 5) is 0. The van der Waals surface area contributed by atoms with E-state index in [-0.39, 0.29) is 11.5 Å². The van der Waals surface area contributed by atoms with Crippen molar-refractivity contribution in [3.8, 4) is 0 Å². The Bertz CT molecular complexity index is 761. The first kappa shape index (κ1) is 18.9. The summed E-state index contributed by atoms with van der Waals surface area (Å²) < 4.78 is 0. The molecule has 1 heteroatoms. The van der Waals surface area contributed by atoms with Crippen molar-refractivity contribution in [2.75, 3.05) is 0 Å². The molecule has 4 aliphatic carbocycles. The largest absolute Gasteiger partial charge is 0.388 e. The maximum atomic E-state index is 11.4. The van der Waals surface area contributed by atoms with Crippen molar-refractivity contribution in [1.29, 1.82) is 0 Å². The third-order valence-corrected chi connectivity index (χ3v) is 9.88. The molecule has 0 amide bonds. The molecule has 1 aromatic carbocycles. The molecule has 28 heavy (non-hydrogen) atoms. The van der Waals surface area contributed by atoms with Crippen LogP contribution < -0.4 is 0 Å². The fourth-order valence-corrected chi connectivity index (χ4v) is 8.17. The maximum Gasteiger partial charge on any atom is 0.0809 e. The lowest BCUT2D eigenvalue weighted by Crippen LogP contribution is -2.53. The normalized spacial score (nSPS) is 46.7. The topological polar surface area (TPSA) is 20.2 Å². The molecule has 4 fully saturated rings. The summed E-state index contributed by atoms with van der Waals surface area (Å²) in [6.07, 6.45) is 14.4. The summed E-state index contributed by atoms with van der Waals surface area (Å²) in [6.45, 7) is 7.19. The highest BCUT2D eigenvalue weighted by molar-refractivity contribution is 5.56. The lowest BCUT2D eigenvalue weighted by atomic mass is 9.45. The fourth-order valence-electron chi connectivity index (χ4n) is 8.17. The van der Waals surface area contributed by atoms with E-state index < -0.39 is 0 Å². The standard InChI is InChI=1S/C27H38O/c1-18-7-9-19(10-8-18)16-20-17-24-22-12-11-21-6-4-5-14-26(21,2)23(22)13-15-27(24,3)25(20)28/h7-10,16,21-25,28H,4-6,11-15,17H2,1-3H3/b20-16+/t21-,22+,23-,24+,25+,26-,27-/m0/s1. The number of aliphatic hydroxyl groups excluding tert-OH is 1. The molecule has 0 radical (unpaired) electrons. The van der Waals surface area contributed by atoms with Crippen LogP contribution in [0.5, 0.6) is 0 Å². The summed E-state index contributed by atoms with van der Waals surface area (Å²) in [5.74, 6) is 3.38. The zero-order valence-corrected chi connectivity index (χ0v) is 18.1. The van der Waals surface area contributed by atoms with Gasteiger partial charge < -0.3 is 5.11 Å².